The molecule has 2 aromatic rings. The van der Waals surface area contributed by atoms with E-state index in [4.69, 9.17) is 9.47 Å². The first kappa shape index (κ1) is 15.6. The Morgan fingerprint density at radius 1 is 1.09 bits per heavy atom. The lowest BCUT2D eigenvalue weighted by Gasteiger charge is -2.31. The molecule has 23 heavy (non-hydrogen) atoms. The fourth-order valence-corrected chi connectivity index (χ4v) is 3.30. The van der Waals surface area contributed by atoms with Crippen LogP contribution in [0.2, 0.25) is 0 Å². The van der Waals surface area contributed by atoms with Crippen LogP contribution in [-0.4, -0.2) is 19.6 Å². The zero-order valence-corrected chi connectivity index (χ0v) is 13.5. The molecule has 1 atom stereocenters. The van der Waals surface area contributed by atoms with Crippen molar-refractivity contribution in [1.82, 2.24) is 5.32 Å². The highest BCUT2D eigenvalue weighted by Gasteiger charge is 2.37. The molecule has 1 N–H and O–H groups in total. The van der Waals surface area contributed by atoms with Gasteiger partial charge < -0.3 is 14.8 Å². The van der Waals surface area contributed by atoms with E-state index in [0.29, 0.717) is 11.5 Å². The monoisotopic (exact) mass is 311 g/mol. The largest absolute Gasteiger partial charge is 0.493 e. The number of esters is 1. The van der Waals surface area contributed by atoms with Crippen LogP contribution >= 0.6 is 0 Å². The summed E-state index contributed by atoms with van der Waals surface area (Å²) in [6.07, 6.45) is 2.13. The van der Waals surface area contributed by atoms with Crippen LogP contribution in [0.1, 0.15) is 30.9 Å². The molecule has 0 amide bonds. The highest BCUT2D eigenvalue weighted by molar-refractivity contribution is 5.70. The summed E-state index contributed by atoms with van der Waals surface area (Å²) in [6, 6.07) is 16.2. The van der Waals surface area contributed by atoms with E-state index in [1.807, 2.05) is 18.2 Å². The molecule has 0 bridgehead atoms. The number of carbonyl (C=O) groups is 1. The van der Waals surface area contributed by atoms with Crippen molar-refractivity contribution >= 4 is 5.97 Å². The summed E-state index contributed by atoms with van der Waals surface area (Å²) in [6.45, 7) is 2.36. The minimum Gasteiger partial charge on any atom is -0.493 e. The Bertz CT molecular complexity index is 691. The quantitative estimate of drug-likeness (QED) is 0.695. The van der Waals surface area contributed by atoms with Crippen LogP contribution in [0.4, 0.5) is 0 Å². The van der Waals surface area contributed by atoms with Crippen molar-refractivity contribution in [2.45, 2.75) is 25.3 Å². The standard InChI is InChI=1S/C19H21NO3/c1-14(21)23-17-10-9-16(13-18(17)22-2)19(11-6-12-20-19)15-7-4-3-5-8-15/h3-5,7-10,13,20H,6,11-12H2,1-2H3. The third kappa shape index (κ3) is 2.94. The van der Waals surface area contributed by atoms with Gasteiger partial charge in [-0.3, -0.25) is 4.79 Å². The van der Waals surface area contributed by atoms with Gasteiger partial charge in [-0.2, -0.15) is 0 Å². The van der Waals surface area contributed by atoms with Gasteiger partial charge in [-0.1, -0.05) is 36.4 Å². The van der Waals surface area contributed by atoms with E-state index in [2.05, 4.69) is 29.6 Å². The maximum absolute atomic E-state index is 11.2. The lowest BCUT2D eigenvalue weighted by atomic mass is 9.81. The maximum atomic E-state index is 11.2. The highest BCUT2D eigenvalue weighted by Crippen LogP contribution is 2.41. The summed E-state index contributed by atoms with van der Waals surface area (Å²) in [5.74, 6) is 0.666. The van der Waals surface area contributed by atoms with Crippen LogP contribution in [0.3, 0.4) is 0 Å². The number of hydrogen-bond acceptors (Lipinski definition) is 4. The van der Waals surface area contributed by atoms with E-state index in [9.17, 15) is 4.79 Å². The summed E-state index contributed by atoms with van der Waals surface area (Å²) in [7, 11) is 1.59. The Morgan fingerprint density at radius 2 is 1.87 bits per heavy atom. The van der Waals surface area contributed by atoms with Crippen LogP contribution in [-0.2, 0) is 10.3 Å². The van der Waals surface area contributed by atoms with Gasteiger partial charge in [0.05, 0.1) is 12.6 Å². The molecule has 0 radical (unpaired) electrons. The van der Waals surface area contributed by atoms with Crippen molar-refractivity contribution in [1.29, 1.82) is 0 Å². The molecule has 1 heterocycles. The Labute approximate surface area is 136 Å². The normalized spacial score (nSPS) is 20.3. The summed E-state index contributed by atoms with van der Waals surface area (Å²) >= 11 is 0. The predicted molar refractivity (Wildman–Crippen MR) is 88.8 cm³/mol. The summed E-state index contributed by atoms with van der Waals surface area (Å²) < 4.78 is 10.6. The summed E-state index contributed by atoms with van der Waals surface area (Å²) in [4.78, 5) is 11.2. The first-order valence-corrected chi connectivity index (χ1v) is 7.83. The number of benzene rings is 2. The third-order valence-corrected chi connectivity index (χ3v) is 4.33. The van der Waals surface area contributed by atoms with Crippen molar-refractivity contribution in [2.75, 3.05) is 13.7 Å². The average molecular weight is 311 g/mol. The van der Waals surface area contributed by atoms with Crippen molar-refractivity contribution in [3.8, 4) is 11.5 Å². The zero-order chi connectivity index (χ0) is 16.3. The van der Waals surface area contributed by atoms with Crippen LogP contribution in [0.15, 0.2) is 48.5 Å². The van der Waals surface area contributed by atoms with Crippen molar-refractivity contribution in [2.24, 2.45) is 0 Å². The minimum atomic E-state index is -0.354. The molecule has 0 saturated carbocycles. The smallest absolute Gasteiger partial charge is 0.308 e. The summed E-state index contributed by atoms with van der Waals surface area (Å²) in [5, 5.41) is 3.65. The molecular weight excluding hydrogens is 290 g/mol. The Hall–Kier alpha value is -2.33. The molecular formula is C19H21NO3. The fourth-order valence-electron chi connectivity index (χ4n) is 3.30. The van der Waals surface area contributed by atoms with E-state index in [0.717, 1.165) is 24.9 Å². The Morgan fingerprint density at radius 3 is 2.48 bits per heavy atom. The molecule has 4 nitrogen and oxygen atoms in total. The Balaban J connectivity index is 2.06. The maximum Gasteiger partial charge on any atom is 0.308 e. The number of rotatable bonds is 4. The number of hydrogen-bond donors (Lipinski definition) is 1. The molecule has 0 spiro atoms. The molecule has 3 rings (SSSR count). The van der Waals surface area contributed by atoms with E-state index in [1.54, 1.807) is 13.2 Å². The Kier molecular flexibility index (Phi) is 4.35. The lowest BCUT2D eigenvalue weighted by Crippen LogP contribution is -2.37. The lowest BCUT2D eigenvalue weighted by molar-refractivity contribution is -0.132. The molecule has 2 aromatic carbocycles. The van der Waals surface area contributed by atoms with Gasteiger partial charge in [-0.25, -0.2) is 0 Å². The van der Waals surface area contributed by atoms with Gasteiger partial charge >= 0.3 is 5.97 Å². The van der Waals surface area contributed by atoms with Gasteiger partial charge in [0.1, 0.15) is 0 Å². The SMILES string of the molecule is COc1cc(C2(c3ccccc3)CCCN2)ccc1OC(C)=O. The van der Waals surface area contributed by atoms with Crippen molar-refractivity contribution < 1.29 is 14.3 Å². The van der Waals surface area contributed by atoms with E-state index >= 15 is 0 Å². The van der Waals surface area contributed by atoms with Gasteiger partial charge in [0.15, 0.2) is 11.5 Å². The molecule has 0 aromatic heterocycles. The van der Waals surface area contributed by atoms with Crippen molar-refractivity contribution in [3.05, 3.63) is 59.7 Å². The number of methoxy groups -OCH3 is 1. The summed E-state index contributed by atoms with van der Waals surface area (Å²) in [5.41, 5.74) is 2.14. The molecule has 1 fully saturated rings. The average Bonchev–Trinajstić information content (AvgIpc) is 3.06. The third-order valence-electron chi connectivity index (χ3n) is 4.33. The van der Waals surface area contributed by atoms with Crippen molar-refractivity contribution in [3.63, 3.8) is 0 Å². The van der Waals surface area contributed by atoms with Gasteiger partial charge in [0.2, 0.25) is 0 Å². The second kappa shape index (κ2) is 6.42. The highest BCUT2D eigenvalue weighted by atomic mass is 16.6. The number of ether oxygens (including phenoxy) is 2. The zero-order valence-electron chi connectivity index (χ0n) is 13.5. The van der Waals surface area contributed by atoms with Gasteiger partial charge in [-0.15, -0.1) is 0 Å². The van der Waals surface area contributed by atoms with E-state index in [1.165, 1.54) is 12.5 Å². The van der Waals surface area contributed by atoms with Crippen LogP contribution in [0, 0.1) is 0 Å². The predicted octanol–water partition coefficient (Wildman–Crippen LogP) is 3.25. The second-order valence-corrected chi connectivity index (χ2v) is 5.76. The molecule has 120 valence electrons. The van der Waals surface area contributed by atoms with Crippen LogP contribution in [0.5, 0.6) is 11.5 Å². The topological polar surface area (TPSA) is 47.6 Å². The molecule has 1 aliphatic heterocycles. The fraction of sp³-hybridized carbons (Fsp3) is 0.316. The van der Waals surface area contributed by atoms with Gasteiger partial charge in [0.25, 0.3) is 0 Å². The minimum absolute atomic E-state index is 0.219. The molecule has 1 aliphatic rings. The number of nitrogens with one attached hydrogen (secondary N) is 1. The molecule has 4 heteroatoms. The van der Waals surface area contributed by atoms with Crippen LogP contribution < -0.4 is 14.8 Å². The van der Waals surface area contributed by atoms with E-state index in [-0.39, 0.29) is 11.5 Å². The first-order chi connectivity index (χ1) is 11.2. The first-order valence-electron chi connectivity index (χ1n) is 7.83. The molecule has 0 aliphatic carbocycles. The molecule has 1 saturated heterocycles. The molecule has 1 unspecified atom stereocenters. The van der Waals surface area contributed by atoms with Crippen LogP contribution in [0.25, 0.3) is 0 Å². The van der Waals surface area contributed by atoms with Gasteiger partial charge in [-0.05, 0) is 42.6 Å². The van der Waals surface area contributed by atoms with E-state index < -0.39 is 0 Å². The number of carbonyl (C=O) groups excluding carboxylic acids is 1. The second-order valence-electron chi connectivity index (χ2n) is 5.76. The van der Waals surface area contributed by atoms with Gasteiger partial charge in [0, 0.05) is 6.92 Å².